The van der Waals surface area contributed by atoms with Crippen molar-refractivity contribution in [2.75, 3.05) is 19.7 Å². The number of hydrogen-bond donors (Lipinski definition) is 3. The Bertz CT molecular complexity index is 249. The van der Waals surface area contributed by atoms with Gasteiger partial charge in [-0.3, -0.25) is 4.90 Å². The van der Waals surface area contributed by atoms with Crippen LogP contribution in [-0.2, 0) is 0 Å². The molecule has 0 aliphatic rings. The molecule has 0 saturated carbocycles. The summed E-state index contributed by atoms with van der Waals surface area (Å²) in [6.45, 7) is 14.0. The number of rotatable bonds is 8. The third-order valence-corrected chi connectivity index (χ3v) is 3.48. The molecule has 0 rings (SSSR count). The fraction of sp³-hybridized carbons (Fsp3) is 0.929. The zero-order valence-corrected chi connectivity index (χ0v) is 13.2. The first-order valence-electron chi connectivity index (χ1n) is 7.20. The summed E-state index contributed by atoms with van der Waals surface area (Å²) in [5, 5.41) is 14.7. The lowest BCUT2D eigenvalue weighted by atomic mass is 10.1. The summed E-state index contributed by atoms with van der Waals surface area (Å²) in [5.74, 6) is 0.0635. The number of amides is 2. The summed E-state index contributed by atoms with van der Waals surface area (Å²) < 4.78 is 0. The van der Waals surface area contributed by atoms with Gasteiger partial charge in [0.25, 0.3) is 0 Å². The molecular formula is C14H31N3O2. The first-order valence-corrected chi connectivity index (χ1v) is 7.20. The van der Waals surface area contributed by atoms with E-state index in [0.717, 1.165) is 6.54 Å². The molecule has 0 aromatic heterocycles. The highest BCUT2D eigenvalue weighted by molar-refractivity contribution is 5.74. The fourth-order valence-electron chi connectivity index (χ4n) is 1.97. The lowest BCUT2D eigenvalue weighted by Crippen LogP contribution is -2.47. The van der Waals surface area contributed by atoms with E-state index in [0.29, 0.717) is 18.6 Å². The van der Waals surface area contributed by atoms with Gasteiger partial charge in [0.05, 0.1) is 0 Å². The molecule has 0 heterocycles. The predicted molar refractivity (Wildman–Crippen MR) is 79.2 cm³/mol. The van der Waals surface area contributed by atoms with Crippen molar-refractivity contribution in [2.45, 2.75) is 59.7 Å². The molecule has 5 heteroatoms. The molecule has 0 saturated heterocycles. The SMILES string of the molecule is CC(CO)C(C)NC(=O)NCCN(C(C)C)C(C)C. The second kappa shape index (κ2) is 9.15. The van der Waals surface area contributed by atoms with Gasteiger partial charge in [-0.25, -0.2) is 4.79 Å². The number of urea groups is 1. The number of carbonyl (C=O) groups excluding carboxylic acids is 1. The maximum atomic E-state index is 11.7. The predicted octanol–water partition coefficient (Wildman–Crippen LogP) is 1.42. The van der Waals surface area contributed by atoms with Gasteiger partial charge in [-0.15, -0.1) is 0 Å². The van der Waals surface area contributed by atoms with Crippen molar-refractivity contribution in [1.82, 2.24) is 15.5 Å². The maximum Gasteiger partial charge on any atom is 0.315 e. The highest BCUT2D eigenvalue weighted by atomic mass is 16.3. The van der Waals surface area contributed by atoms with Crippen LogP contribution in [0.1, 0.15) is 41.5 Å². The van der Waals surface area contributed by atoms with E-state index in [-0.39, 0.29) is 24.6 Å². The summed E-state index contributed by atoms with van der Waals surface area (Å²) in [7, 11) is 0. The zero-order chi connectivity index (χ0) is 15.0. The Hall–Kier alpha value is -0.810. The molecular weight excluding hydrogens is 242 g/mol. The van der Waals surface area contributed by atoms with Gasteiger partial charge in [0, 0.05) is 37.8 Å². The smallest absolute Gasteiger partial charge is 0.315 e. The van der Waals surface area contributed by atoms with Crippen LogP contribution < -0.4 is 10.6 Å². The number of carbonyl (C=O) groups is 1. The number of nitrogens with zero attached hydrogens (tertiary/aromatic N) is 1. The van der Waals surface area contributed by atoms with Crippen molar-refractivity contribution >= 4 is 6.03 Å². The Labute approximate surface area is 117 Å². The maximum absolute atomic E-state index is 11.7. The molecule has 2 unspecified atom stereocenters. The van der Waals surface area contributed by atoms with Gasteiger partial charge < -0.3 is 15.7 Å². The van der Waals surface area contributed by atoms with E-state index in [2.05, 4.69) is 43.2 Å². The summed E-state index contributed by atoms with van der Waals surface area (Å²) in [4.78, 5) is 14.0. The summed E-state index contributed by atoms with van der Waals surface area (Å²) in [6, 6.07) is 0.743. The van der Waals surface area contributed by atoms with Crippen molar-refractivity contribution in [2.24, 2.45) is 5.92 Å². The lowest BCUT2D eigenvalue weighted by molar-refractivity contribution is 0.173. The van der Waals surface area contributed by atoms with Gasteiger partial charge >= 0.3 is 6.03 Å². The number of aliphatic hydroxyl groups excluding tert-OH is 1. The lowest BCUT2D eigenvalue weighted by Gasteiger charge is -2.30. The Morgan fingerprint density at radius 1 is 1.11 bits per heavy atom. The molecule has 0 bridgehead atoms. The average molecular weight is 273 g/mol. The first-order chi connectivity index (χ1) is 8.79. The van der Waals surface area contributed by atoms with Crippen LogP contribution in [0.4, 0.5) is 4.79 Å². The van der Waals surface area contributed by atoms with Crippen LogP contribution in [-0.4, -0.2) is 53.9 Å². The van der Waals surface area contributed by atoms with Crippen molar-refractivity contribution in [1.29, 1.82) is 0 Å². The van der Waals surface area contributed by atoms with E-state index in [9.17, 15) is 4.79 Å². The van der Waals surface area contributed by atoms with Gasteiger partial charge in [0.15, 0.2) is 0 Å². The number of nitrogens with one attached hydrogen (secondary N) is 2. The fourth-order valence-corrected chi connectivity index (χ4v) is 1.97. The molecule has 2 amide bonds. The van der Waals surface area contributed by atoms with E-state index in [1.807, 2.05) is 13.8 Å². The molecule has 2 atom stereocenters. The van der Waals surface area contributed by atoms with Crippen molar-refractivity contribution in [3.63, 3.8) is 0 Å². The normalized spacial score (nSPS) is 14.8. The Morgan fingerprint density at radius 3 is 2.05 bits per heavy atom. The van der Waals surface area contributed by atoms with E-state index >= 15 is 0 Å². The average Bonchev–Trinajstić information content (AvgIpc) is 2.32. The van der Waals surface area contributed by atoms with E-state index in [1.54, 1.807) is 0 Å². The minimum Gasteiger partial charge on any atom is -0.396 e. The molecule has 0 radical (unpaired) electrons. The van der Waals surface area contributed by atoms with Gasteiger partial charge in [-0.1, -0.05) is 6.92 Å². The first kappa shape index (κ1) is 18.2. The van der Waals surface area contributed by atoms with Crippen LogP contribution in [0.3, 0.4) is 0 Å². The third-order valence-electron chi connectivity index (χ3n) is 3.48. The minimum atomic E-state index is -0.166. The van der Waals surface area contributed by atoms with Gasteiger partial charge in [-0.05, 0) is 40.5 Å². The zero-order valence-electron chi connectivity index (χ0n) is 13.2. The third kappa shape index (κ3) is 7.38. The van der Waals surface area contributed by atoms with Crippen molar-refractivity contribution in [3.05, 3.63) is 0 Å². The van der Waals surface area contributed by atoms with Crippen LogP contribution in [0.5, 0.6) is 0 Å². The number of aliphatic hydroxyl groups is 1. The van der Waals surface area contributed by atoms with Crippen molar-refractivity contribution in [3.8, 4) is 0 Å². The summed E-state index contributed by atoms with van der Waals surface area (Å²) in [5.41, 5.74) is 0. The van der Waals surface area contributed by atoms with Crippen LogP contribution in [0, 0.1) is 5.92 Å². The molecule has 3 N–H and O–H groups in total. The molecule has 0 fully saturated rings. The topological polar surface area (TPSA) is 64.6 Å². The van der Waals surface area contributed by atoms with Crippen LogP contribution >= 0.6 is 0 Å². The molecule has 0 aromatic rings. The van der Waals surface area contributed by atoms with Gasteiger partial charge in [0.2, 0.25) is 0 Å². The largest absolute Gasteiger partial charge is 0.396 e. The monoisotopic (exact) mass is 273 g/mol. The Morgan fingerprint density at radius 2 is 1.63 bits per heavy atom. The second-order valence-corrected chi connectivity index (χ2v) is 5.77. The van der Waals surface area contributed by atoms with Crippen LogP contribution in [0.2, 0.25) is 0 Å². The van der Waals surface area contributed by atoms with E-state index in [4.69, 9.17) is 5.11 Å². The second-order valence-electron chi connectivity index (χ2n) is 5.77. The minimum absolute atomic E-state index is 0.0312. The standard InChI is InChI=1S/C14H31N3O2/c1-10(2)17(11(3)4)8-7-15-14(19)16-13(6)12(5)9-18/h10-13,18H,7-9H2,1-6H3,(H2,15,16,19). The molecule has 0 aliphatic heterocycles. The summed E-state index contributed by atoms with van der Waals surface area (Å²) >= 11 is 0. The molecule has 0 spiro atoms. The Kier molecular flexibility index (Phi) is 8.76. The van der Waals surface area contributed by atoms with Gasteiger partial charge in [-0.2, -0.15) is 0 Å². The molecule has 114 valence electrons. The Balaban J connectivity index is 3.97. The van der Waals surface area contributed by atoms with Crippen LogP contribution in [0.25, 0.3) is 0 Å². The van der Waals surface area contributed by atoms with E-state index < -0.39 is 0 Å². The van der Waals surface area contributed by atoms with Gasteiger partial charge in [0.1, 0.15) is 0 Å². The molecule has 0 aliphatic carbocycles. The van der Waals surface area contributed by atoms with E-state index in [1.165, 1.54) is 0 Å². The quantitative estimate of drug-likeness (QED) is 0.627. The molecule has 5 nitrogen and oxygen atoms in total. The van der Waals surface area contributed by atoms with Crippen molar-refractivity contribution < 1.29 is 9.90 Å². The highest BCUT2D eigenvalue weighted by Gasteiger charge is 2.15. The number of hydrogen-bond acceptors (Lipinski definition) is 3. The molecule has 19 heavy (non-hydrogen) atoms. The summed E-state index contributed by atoms with van der Waals surface area (Å²) in [6.07, 6.45) is 0. The van der Waals surface area contributed by atoms with Crippen LogP contribution in [0.15, 0.2) is 0 Å². The highest BCUT2D eigenvalue weighted by Crippen LogP contribution is 2.03. The molecule has 0 aromatic carbocycles.